The van der Waals surface area contributed by atoms with Crippen molar-refractivity contribution in [2.75, 3.05) is 0 Å². The summed E-state index contributed by atoms with van der Waals surface area (Å²) in [4.78, 5) is 0. The van der Waals surface area contributed by atoms with Gasteiger partial charge in [-0.2, -0.15) is 0 Å². The largest absolute Gasteiger partial charge is 0.0616 e. The van der Waals surface area contributed by atoms with Crippen LogP contribution in [0.4, 0.5) is 0 Å². The van der Waals surface area contributed by atoms with Crippen LogP contribution in [0, 0.1) is 0 Å². The van der Waals surface area contributed by atoms with Gasteiger partial charge in [0, 0.05) is 0 Å². The van der Waals surface area contributed by atoms with Crippen molar-refractivity contribution in [3.63, 3.8) is 0 Å². The van der Waals surface area contributed by atoms with Crippen molar-refractivity contribution in [1.29, 1.82) is 0 Å². The Labute approximate surface area is 291 Å². The molecule has 0 nitrogen and oxygen atoms in total. The van der Waals surface area contributed by atoms with E-state index in [1.807, 2.05) is 0 Å². The first kappa shape index (κ1) is 28.5. The van der Waals surface area contributed by atoms with Crippen LogP contribution in [-0.2, 0) is 0 Å². The lowest BCUT2D eigenvalue weighted by Crippen LogP contribution is -1.89. The molecule has 0 saturated heterocycles. The summed E-state index contributed by atoms with van der Waals surface area (Å²) in [5.74, 6) is 0. The number of rotatable bonds is 4. The predicted molar refractivity (Wildman–Crippen MR) is 216 cm³/mol. The van der Waals surface area contributed by atoms with E-state index in [1.165, 1.54) is 98.4 Å². The highest BCUT2D eigenvalue weighted by Crippen LogP contribution is 2.41. The van der Waals surface area contributed by atoms with E-state index in [-0.39, 0.29) is 0 Å². The molecule has 0 bridgehead atoms. The van der Waals surface area contributed by atoms with Crippen LogP contribution in [0.3, 0.4) is 0 Å². The van der Waals surface area contributed by atoms with Crippen LogP contribution >= 0.6 is 0 Å². The fourth-order valence-corrected chi connectivity index (χ4v) is 7.75. The normalized spacial score (nSPS) is 11.6. The zero-order valence-electron chi connectivity index (χ0n) is 27.5. The SMILES string of the molecule is c1cc(-c2ccc3ccccc3c2)cc(-c2c3ccc(-c4ccc5ccccc5c4)cc3cc3ccc(-c4ccc5ccccc5c4)cc23)c1. The fourth-order valence-electron chi connectivity index (χ4n) is 7.75. The second-order valence-corrected chi connectivity index (χ2v) is 13.4. The molecule has 10 aromatic carbocycles. The van der Waals surface area contributed by atoms with Gasteiger partial charge in [0.15, 0.2) is 0 Å². The number of benzene rings is 10. The van der Waals surface area contributed by atoms with Gasteiger partial charge in [-0.1, -0.05) is 152 Å². The van der Waals surface area contributed by atoms with Gasteiger partial charge < -0.3 is 0 Å². The van der Waals surface area contributed by atoms with E-state index in [4.69, 9.17) is 0 Å². The van der Waals surface area contributed by atoms with Gasteiger partial charge in [0.2, 0.25) is 0 Å². The van der Waals surface area contributed by atoms with Gasteiger partial charge in [0.1, 0.15) is 0 Å². The molecular weight excluding hydrogens is 601 g/mol. The summed E-state index contributed by atoms with van der Waals surface area (Å²) in [5, 5.41) is 12.6. The van der Waals surface area contributed by atoms with E-state index < -0.39 is 0 Å². The van der Waals surface area contributed by atoms with Crippen LogP contribution in [0.1, 0.15) is 0 Å². The van der Waals surface area contributed by atoms with Crippen LogP contribution in [0.2, 0.25) is 0 Å². The monoisotopic (exact) mass is 632 g/mol. The van der Waals surface area contributed by atoms with Crippen molar-refractivity contribution in [3.8, 4) is 44.5 Å². The second-order valence-electron chi connectivity index (χ2n) is 13.4. The van der Waals surface area contributed by atoms with E-state index >= 15 is 0 Å². The summed E-state index contributed by atoms with van der Waals surface area (Å²) in [7, 11) is 0. The Morgan fingerprint density at radius 3 is 1.12 bits per heavy atom. The molecule has 10 rings (SSSR count). The van der Waals surface area contributed by atoms with Crippen molar-refractivity contribution in [2.24, 2.45) is 0 Å². The highest BCUT2D eigenvalue weighted by Gasteiger charge is 2.14. The van der Waals surface area contributed by atoms with Crippen LogP contribution in [0.25, 0.3) is 98.4 Å². The van der Waals surface area contributed by atoms with Gasteiger partial charge >= 0.3 is 0 Å². The maximum Gasteiger partial charge on any atom is -0.00264 e. The fraction of sp³-hybridized carbons (Fsp3) is 0. The molecule has 50 heavy (non-hydrogen) atoms. The molecular formula is C50H32. The third-order valence-corrected chi connectivity index (χ3v) is 10.4. The van der Waals surface area contributed by atoms with Gasteiger partial charge in [0.25, 0.3) is 0 Å². The second kappa shape index (κ2) is 11.6. The molecule has 0 aromatic heterocycles. The van der Waals surface area contributed by atoms with Gasteiger partial charge in [0.05, 0.1) is 0 Å². The summed E-state index contributed by atoms with van der Waals surface area (Å²) in [6, 6.07) is 71.6. The lowest BCUT2D eigenvalue weighted by Gasteiger charge is -2.16. The molecule has 0 aliphatic carbocycles. The average Bonchev–Trinajstić information content (AvgIpc) is 3.19. The smallest absolute Gasteiger partial charge is 0.00264 e. The van der Waals surface area contributed by atoms with E-state index in [0.717, 1.165) is 0 Å². The highest BCUT2D eigenvalue weighted by atomic mass is 14.2. The maximum absolute atomic E-state index is 2.40. The van der Waals surface area contributed by atoms with E-state index in [1.54, 1.807) is 0 Å². The lowest BCUT2D eigenvalue weighted by molar-refractivity contribution is 1.62. The van der Waals surface area contributed by atoms with E-state index in [9.17, 15) is 0 Å². The molecule has 0 atom stereocenters. The topological polar surface area (TPSA) is 0 Å². The molecule has 0 saturated carbocycles. The first-order valence-corrected chi connectivity index (χ1v) is 17.3. The summed E-state index contributed by atoms with van der Waals surface area (Å²) in [5.41, 5.74) is 9.86. The summed E-state index contributed by atoms with van der Waals surface area (Å²) < 4.78 is 0. The lowest BCUT2D eigenvalue weighted by atomic mass is 9.87. The Bertz CT molecular complexity index is 2930. The third-order valence-electron chi connectivity index (χ3n) is 10.4. The van der Waals surface area contributed by atoms with E-state index in [2.05, 4.69) is 194 Å². The molecule has 0 spiro atoms. The minimum Gasteiger partial charge on any atom is -0.0616 e. The Morgan fingerprint density at radius 2 is 0.580 bits per heavy atom. The molecule has 0 amide bonds. The van der Waals surface area contributed by atoms with Crippen molar-refractivity contribution < 1.29 is 0 Å². The highest BCUT2D eigenvalue weighted by molar-refractivity contribution is 6.14. The first-order valence-electron chi connectivity index (χ1n) is 17.3. The van der Waals surface area contributed by atoms with Crippen LogP contribution < -0.4 is 0 Å². The van der Waals surface area contributed by atoms with Crippen LogP contribution in [-0.4, -0.2) is 0 Å². The maximum atomic E-state index is 2.40. The van der Waals surface area contributed by atoms with Crippen molar-refractivity contribution in [2.45, 2.75) is 0 Å². The van der Waals surface area contributed by atoms with Crippen molar-refractivity contribution >= 4 is 53.9 Å². The quantitative estimate of drug-likeness (QED) is 0.169. The average molecular weight is 633 g/mol. The Morgan fingerprint density at radius 1 is 0.180 bits per heavy atom. The molecule has 0 heteroatoms. The predicted octanol–water partition coefficient (Wildman–Crippen LogP) is 14.1. The molecule has 0 heterocycles. The molecule has 0 fully saturated rings. The standard InChI is InChI=1S/C50H32/c1-4-11-36-26-40(19-16-33(36)8-1)39-14-7-15-46(29-39)50-48-25-24-43(41-20-17-34-9-2-5-12-37(34)27-41)30-47(48)31-45-23-22-44(32-49(45)50)42-21-18-35-10-3-6-13-38(35)28-42/h1-32H. The number of fused-ring (bicyclic) bond motifs is 5. The van der Waals surface area contributed by atoms with Gasteiger partial charge in [-0.25, -0.2) is 0 Å². The summed E-state index contributed by atoms with van der Waals surface area (Å²) in [6.45, 7) is 0. The Hall–Kier alpha value is -6.50. The third kappa shape index (κ3) is 4.93. The summed E-state index contributed by atoms with van der Waals surface area (Å²) in [6.07, 6.45) is 0. The molecule has 10 aromatic rings. The molecule has 0 radical (unpaired) electrons. The van der Waals surface area contributed by atoms with Gasteiger partial charge in [-0.05, 0) is 141 Å². The molecule has 0 N–H and O–H groups in total. The first-order chi connectivity index (χ1) is 24.7. The minimum atomic E-state index is 1.22. The minimum absolute atomic E-state index is 1.22. The molecule has 0 aliphatic rings. The molecule has 0 aliphatic heterocycles. The zero-order valence-corrected chi connectivity index (χ0v) is 27.5. The van der Waals surface area contributed by atoms with Crippen molar-refractivity contribution in [1.82, 2.24) is 0 Å². The zero-order chi connectivity index (χ0) is 33.0. The Balaban J connectivity index is 1.19. The van der Waals surface area contributed by atoms with Crippen LogP contribution in [0.5, 0.6) is 0 Å². The van der Waals surface area contributed by atoms with Gasteiger partial charge in [-0.3, -0.25) is 0 Å². The summed E-state index contributed by atoms with van der Waals surface area (Å²) >= 11 is 0. The van der Waals surface area contributed by atoms with Crippen LogP contribution in [0.15, 0.2) is 194 Å². The van der Waals surface area contributed by atoms with E-state index in [0.29, 0.717) is 0 Å². The Kier molecular flexibility index (Phi) is 6.60. The van der Waals surface area contributed by atoms with Gasteiger partial charge in [-0.15, -0.1) is 0 Å². The van der Waals surface area contributed by atoms with Crippen molar-refractivity contribution in [3.05, 3.63) is 194 Å². The number of hydrogen-bond donors (Lipinski definition) is 0. The molecule has 232 valence electrons. The molecule has 0 unspecified atom stereocenters. The number of hydrogen-bond acceptors (Lipinski definition) is 0.